The van der Waals surface area contributed by atoms with Crippen LogP contribution in [0.15, 0.2) is 24.3 Å². The van der Waals surface area contributed by atoms with Gasteiger partial charge in [-0.2, -0.15) is 0 Å². The largest absolute Gasteiger partial charge is 0.489 e. The molecule has 0 atom stereocenters. The summed E-state index contributed by atoms with van der Waals surface area (Å²) in [6, 6.07) is 4.95. The normalized spacial score (nSPS) is 10.6. The summed E-state index contributed by atoms with van der Waals surface area (Å²) < 4.78 is 71.4. The molecule has 0 aliphatic rings. The number of benzene rings is 2. The van der Waals surface area contributed by atoms with Crippen molar-refractivity contribution in [3.05, 3.63) is 58.9 Å². The number of carbonyl (C=O) groups excluding carboxylic acids is 1. The minimum atomic E-state index is -2.23. The lowest BCUT2D eigenvalue weighted by atomic mass is 10.2. The third kappa shape index (κ3) is 4.02. The summed E-state index contributed by atoms with van der Waals surface area (Å²) in [7, 11) is 2.69. The maximum Gasteiger partial charge on any atom is 0.345 e. The number of nitrogens with one attached hydrogen (secondary N) is 1. The number of hydrogen-bond donors (Lipinski definition) is 1. The number of hydroxylamine groups is 2. The van der Waals surface area contributed by atoms with E-state index < -0.39 is 47.3 Å². The van der Waals surface area contributed by atoms with Crippen molar-refractivity contribution in [1.82, 2.24) is 5.06 Å². The first-order chi connectivity index (χ1) is 12.3. The van der Waals surface area contributed by atoms with Crippen LogP contribution in [0.25, 0.3) is 0 Å². The number of ether oxygens (including phenoxy) is 1. The molecule has 0 saturated carbocycles. The Morgan fingerprint density at radius 2 is 1.46 bits per heavy atom. The second kappa shape index (κ2) is 8.00. The van der Waals surface area contributed by atoms with E-state index in [-0.39, 0.29) is 5.75 Å². The monoisotopic (exact) mass is 376 g/mol. The van der Waals surface area contributed by atoms with Crippen molar-refractivity contribution >= 4 is 11.7 Å². The molecular formula is C16H13F5N2O3. The number of hydrogen-bond acceptors (Lipinski definition) is 3. The van der Waals surface area contributed by atoms with Gasteiger partial charge in [0, 0.05) is 12.7 Å². The molecule has 0 bridgehead atoms. The van der Waals surface area contributed by atoms with Crippen molar-refractivity contribution in [1.29, 1.82) is 0 Å². The molecule has 2 amide bonds. The summed E-state index contributed by atoms with van der Waals surface area (Å²) >= 11 is 0. The smallest absolute Gasteiger partial charge is 0.345 e. The SMILES string of the molecule is CON(C)C(=O)Nc1ccc(OCc2c(F)c(F)c(F)c(F)c2F)cc1. The highest BCUT2D eigenvalue weighted by molar-refractivity contribution is 5.88. The topological polar surface area (TPSA) is 50.8 Å². The number of amides is 2. The lowest BCUT2D eigenvalue weighted by molar-refractivity contribution is -0.0598. The Kier molecular flexibility index (Phi) is 5.98. The number of urea groups is 1. The Labute approximate surface area is 144 Å². The second-order valence-corrected chi connectivity index (χ2v) is 4.97. The third-order valence-corrected chi connectivity index (χ3v) is 3.35. The van der Waals surface area contributed by atoms with Gasteiger partial charge in [0.05, 0.1) is 12.7 Å². The van der Waals surface area contributed by atoms with Crippen molar-refractivity contribution in [2.45, 2.75) is 6.61 Å². The fourth-order valence-corrected chi connectivity index (χ4v) is 1.85. The average Bonchev–Trinajstić information content (AvgIpc) is 2.65. The summed E-state index contributed by atoms with van der Waals surface area (Å²) in [4.78, 5) is 16.3. The van der Waals surface area contributed by atoms with Crippen LogP contribution in [0.1, 0.15) is 5.56 Å². The van der Waals surface area contributed by atoms with Crippen LogP contribution in [0.5, 0.6) is 5.75 Å². The van der Waals surface area contributed by atoms with E-state index in [4.69, 9.17) is 4.74 Å². The molecule has 5 nitrogen and oxygen atoms in total. The van der Waals surface area contributed by atoms with E-state index in [2.05, 4.69) is 10.2 Å². The van der Waals surface area contributed by atoms with Crippen LogP contribution in [-0.4, -0.2) is 25.3 Å². The van der Waals surface area contributed by atoms with Crippen LogP contribution in [0.2, 0.25) is 0 Å². The molecule has 2 aromatic carbocycles. The number of rotatable bonds is 5. The van der Waals surface area contributed by atoms with Gasteiger partial charge in [0.25, 0.3) is 0 Å². The Balaban J connectivity index is 2.08. The maximum absolute atomic E-state index is 13.6. The van der Waals surface area contributed by atoms with Gasteiger partial charge in [-0.1, -0.05) is 0 Å². The lowest BCUT2D eigenvalue weighted by Crippen LogP contribution is -2.30. The van der Waals surface area contributed by atoms with E-state index in [9.17, 15) is 26.7 Å². The zero-order chi connectivity index (χ0) is 19.4. The van der Waals surface area contributed by atoms with Crippen LogP contribution in [0.4, 0.5) is 32.4 Å². The molecule has 0 heterocycles. The molecule has 0 aromatic heterocycles. The van der Waals surface area contributed by atoms with Gasteiger partial charge >= 0.3 is 6.03 Å². The second-order valence-electron chi connectivity index (χ2n) is 4.97. The zero-order valence-corrected chi connectivity index (χ0v) is 13.6. The van der Waals surface area contributed by atoms with E-state index >= 15 is 0 Å². The Bertz CT molecular complexity index is 786. The van der Waals surface area contributed by atoms with E-state index in [0.717, 1.165) is 5.06 Å². The Morgan fingerprint density at radius 1 is 0.962 bits per heavy atom. The van der Waals surface area contributed by atoms with Crippen LogP contribution in [0.3, 0.4) is 0 Å². The highest BCUT2D eigenvalue weighted by Crippen LogP contribution is 2.25. The van der Waals surface area contributed by atoms with E-state index in [0.29, 0.717) is 5.69 Å². The first-order valence-electron chi connectivity index (χ1n) is 7.08. The Morgan fingerprint density at radius 3 is 1.96 bits per heavy atom. The highest BCUT2D eigenvalue weighted by atomic mass is 19.2. The molecule has 26 heavy (non-hydrogen) atoms. The van der Waals surface area contributed by atoms with Crippen molar-refractivity contribution in [2.24, 2.45) is 0 Å². The summed E-state index contributed by atoms with van der Waals surface area (Å²) in [6.07, 6.45) is 0. The molecule has 0 saturated heterocycles. The fourth-order valence-electron chi connectivity index (χ4n) is 1.85. The van der Waals surface area contributed by atoms with Gasteiger partial charge in [-0.3, -0.25) is 4.84 Å². The van der Waals surface area contributed by atoms with Crippen LogP contribution in [-0.2, 0) is 11.4 Å². The zero-order valence-electron chi connectivity index (χ0n) is 13.6. The number of anilines is 1. The van der Waals surface area contributed by atoms with Gasteiger partial charge in [-0.05, 0) is 24.3 Å². The minimum Gasteiger partial charge on any atom is -0.489 e. The molecule has 2 rings (SSSR count). The molecule has 0 unspecified atom stereocenters. The van der Waals surface area contributed by atoms with Crippen LogP contribution >= 0.6 is 0 Å². The maximum atomic E-state index is 13.6. The molecule has 0 aliphatic carbocycles. The highest BCUT2D eigenvalue weighted by Gasteiger charge is 2.25. The predicted molar refractivity (Wildman–Crippen MR) is 80.8 cm³/mol. The van der Waals surface area contributed by atoms with Gasteiger partial charge in [-0.25, -0.2) is 31.8 Å². The summed E-state index contributed by atoms with van der Waals surface area (Å²) in [5, 5.41) is 3.42. The van der Waals surface area contributed by atoms with Gasteiger partial charge in [0.1, 0.15) is 12.4 Å². The molecule has 140 valence electrons. The fraction of sp³-hybridized carbons (Fsp3) is 0.188. The molecule has 0 spiro atoms. The van der Waals surface area contributed by atoms with Gasteiger partial charge < -0.3 is 10.1 Å². The molecule has 10 heteroatoms. The van der Waals surface area contributed by atoms with Crippen molar-refractivity contribution in [3.8, 4) is 5.75 Å². The minimum absolute atomic E-state index is 0.0898. The first-order valence-corrected chi connectivity index (χ1v) is 7.08. The molecule has 0 radical (unpaired) electrons. The molecular weight excluding hydrogens is 363 g/mol. The molecule has 0 aliphatic heterocycles. The summed E-state index contributed by atoms with van der Waals surface area (Å²) in [5.41, 5.74) is -0.719. The summed E-state index contributed by atoms with van der Waals surface area (Å²) in [6.45, 7) is -0.871. The lowest BCUT2D eigenvalue weighted by Gasteiger charge is -2.15. The van der Waals surface area contributed by atoms with Crippen molar-refractivity contribution in [3.63, 3.8) is 0 Å². The first kappa shape index (κ1) is 19.4. The van der Waals surface area contributed by atoms with Gasteiger partial charge in [0.15, 0.2) is 23.3 Å². The Hall–Kier alpha value is -2.88. The summed E-state index contributed by atoms with van der Waals surface area (Å²) in [5.74, 6) is -10.1. The van der Waals surface area contributed by atoms with Crippen molar-refractivity contribution < 1.29 is 36.3 Å². The number of halogens is 5. The third-order valence-electron chi connectivity index (χ3n) is 3.35. The molecule has 0 fully saturated rings. The molecule has 1 N–H and O–H groups in total. The quantitative estimate of drug-likeness (QED) is 0.372. The number of carbonyl (C=O) groups is 1. The average molecular weight is 376 g/mol. The standard InChI is InChI=1S/C16H13F5N2O3/c1-23(25-2)16(24)22-8-3-5-9(6-4-8)26-7-10-11(17)13(19)15(21)14(20)12(10)18/h3-6H,7H2,1-2H3,(H,22,24). The van der Waals surface area contributed by atoms with E-state index in [1.165, 1.54) is 38.4 Å². The molecule has 2 aromatic rings. The van der Waals surface area contributed by atoms with Crippen molar-refractivity contribution in [2.75, 3.05) is 19.5 Å². The van der Waals surface area contributed by atoms with E-state index in [1.54, 1.807) is 0 Å². The van der Waals surface area contributed by atoms with Gasteiger partial charge in [-0.15, -0.1) is 0 Å². The van der Waals surface area contributed by atoms with Crippen LogP contribution in [0, 0.1) is 29.1 Å². The van der Waals surface area contributed by atoms with E-state index in [1.807, 2.05) is 0 Å². The van der Waals surface area contributed by atoms with Crippen LogP contribution < -0.4 is 10.1 Å². The van der Waals surface area contributed by atoms with Gasteiger partial charge in [0.2, 0.25) is 5.82 Å². The predicted octanol–water partition coefficient (Wildman–Crippen LogP) is 3.99. The number of nitrogens with zero attached hydrogens (tertiary/aromatic N) is 1.